The topological polar surface area (TPSA) is 79.1 Å². The standard InChI is InChI=1S/C20H16N2O2/c21-20(24)15-8-6-13(10-12-4-2-1-3-5-12)19-18(15)16-11-14(23)7-9-17(16)22-19/h1-9,11,22-23H,10H2,(H2,21,24). The van der Waals surface area contributed by atoms with Crippen molar-refractivity contribution in [3.05, 3.63) is 77.4 Å². The van der Waals surface area contributed by atoms with Crippen molar-refractivity contribution < 1.29 is 9.90 Å². The van der Waals surface area contributed by atoms with Gasteiger partial charge < -0.3 is 15.8 Å². The number of primary amides is 1. The molecule has 4 N–H and O–H groups in total. The number of benzene rings is 3. The maximum atomic E-state index is 11.9. The average molecular weight is 316 g/mol. The number of carbonyl (C=O) groups is 1. The van der Waals surface area contributed by atoms with E-state index in [1.165, 1.54) is 5.56 Å². The molecule has 0 aliphatic rings. The number of H-pyrrole nitrogens is 1. The second kappa shape index (κ2) is 5.42. The summed E-state index contributed by atoms with van der Waals surface area (Å²) in [5.74, 6) is -0.317. The summed E-state index contributed by atoms with van der Waals surface area (Å²) >= 11 is 0. The SMILES string of the molecule is NC(=O)c1ccc(Cc2ccccc2)c2[nH]c3ccc(O)cc3c12. The number of fused-ring (bicyclic) bond motifs is 3. The highest BCUT2D eigenvalue weighted by molar-refractivity contribution is 6.18. The third-order valence-corrected chi connectivity index (χ3v) is 4.33. The summed E-state index contributed by atoms with van der Waals surface area (Å²) in [6, 6.07) is 18.9. The molecule has 0 saturated heterocycles. The van der Waals surface area contributed by atoms with Gasteiger partial charge in [-0.25, -0.2) is 0 Å². The van der Waals surface area contributed by atoms with E-state index in [9.17, 15) is 9.90 Å². The number of rotatable bonds is 3. The van der Waals surface area contributed by atoms with Crippen molar-refractivity contribution in [2.24, 2.45) is 5.73 Å². The number of hydrogen-bond acceptors (Lipinski definition) is 2. The van der Waals surface area contributed by atoms with Crippen molar-refractivity contribution in [2.75, 3.05) is 0 Å². The summed E-state index contributed by atoms with van der Waals surface area (Å²) in [7, 11) is 0. The number of aromatic hydroxyl groups is 1. The van der Waals surface area contributed by atoms with Crippen LogP contribution in [0, 0.1) is 0 Å². The molecule has 0 saturated carbocycles. The Kier molecular flexibility index (Phi) is 3.24. The highest BCUT2D eigenvalue weighted by Crippen LogP contribution is 2.33. The summed E-state index contributed by atoms with van der Waals surface area (Å²) < 4.78 is 0. The molecule has 0 aliphatic heterocycles. The number of carbonyl (C=O) groups excluding carboxylic acids is 1. The second-order valence-electron chi connectivity index (χ2n) is 5.90. The van der Waals surface area contributed by atoms with Crippen molar-refractivity contribution in [2.45, 2.75) is 6.42 Å². The molecule has 1 aromatic heterocycles. The molecule has 4 heteroatoms. The zero-order valence-corrected chi connectivity index (χ0v) is 12.9. The van der Waals surface area contributed by atoms with Gasteiger partial charge in [0.25, 0.3) is 0 Å². The summed E-state index contributed by atoms with van der Waals surface area (Å²) in [6.07, 6.45) is 0.745. The molecule has 1 amide bonds. The first kappa shape index (κ1) is 14.3. The molecule has 3 aromatic carbocycles. The number of phenols is 1. The third-order valence-electron chi connectivity index (χ3n) is 4.33. The number of amides is 1. The Labute approximate surface area is 138 Å². The zero-order valence-electron chi connectivity index (χ0n) is 12.9. The van der Waals surface area contributed by atoms with Crippen LogP contribution in [0.15, 0.2) is 60.7 Å². The van der Waals surface area contributed by atoms with Crippen molar-refractivity contribution in [3.8, 4) is 5.75 Å². The van der Waals surface area contributed by atoms with E-state index in [2.05, 4.69) is 17.1 Å². The minimum Gasteiger partial charge on any atom is -0.508 e. The maximum Gasteiger partial charge on any atom is 0.249 e. The molecule has 4 nitrogen and oxygen atoms in total. The van der Waals surface area contributed by atoms with Crippen LogP contribution in [0.5, 0.6) is 5.75 Å². The third kappa shape index (κ3) is 2.29. The van der Waals surface area contributed by atoms with E-state index in [4.69, 9.17) is 5.73 Å². The van der Waals surface area contributed by atoms with E-state index >= 15 is 0 Å². The largest absolute Gasteiger partial charge is 0.508 e. The fraction of sp³-hybridized carbons (Fsp3) is 0.0500. The van der Waals surface area contributed by atoms with Gasteiger partial charge >= 0.3 is 0 Å². The molecule has 4 aromatic rings. The van der Waals surface area contributed by atoms with E-state index in [-0.39, 0.29) is 5.75 Å². The first-order valence-corrected chi connectivity index (χ1v) is 7.73. The Morgan fingerprint density at radius 2 is 1.83 bits per heavy atom. The van der Waals surface area contributed by atoms with Crippen molar-refractivity contribution in [1.82, 2.24) is 4.98 Å². The number of hydrogen-bond donors (Lipinski definition) is 3. The van der Waals surface area contributed by atoms with E-state index < -0.39 is 5.91 Å². The normalized spacial score (nSPS) is 11.2. The van der Waals surface area contributed by atoms with Gasteiger partial charge in [-0.15, -0.1) is 0 Å². The van der Waals surface area contributed by atoms with Crippen LogP contribution in [0.3, 0.4) is 0 Å². The van der Waals surface area contributed by atoms with Crippen molar-refractivity contribution in [1.29, 1.82) is 0 Å². The Bertz CT molecular complexity index is 1070. The van der Waals surface area contributed by atoms with Crippen LogP contribution in [-0.2, 0) is 6.42 Å². The Morgan fingerprint density at radius 3 is 2.58 bits per heavy atom. The highest BCUT2D eigenvalue weighted by Gasteiger charge is 2.16. The summed E-state index contributed by atoms with van der Waals surface area (Å²) in [6.45, 7) is 0. The van der Waals surface area contributed by atoms with Gasteiger partial charge in [-0.05, 0) is 41.8 Å². The van der Waals surface area contributed by atoms with Crippen LogP contribution in [0.25, 0.3) is 21.8 Å². The number of aromatic nitrogens is 1. The summed E-state index contributed by atoms with van der Waals surface area (Å²) in [5, 5.41) is 11.4. The van der Waals surface area contributed by atoms with Crippen molar-refractivity contribution >= 4 is 27.7 Å². The zero-order chi connectivity index (χ0) is 16.7. The lowest BCUT2D eigenvalue weighted by atomic mass is 9.98. The number of nitrogens with two attached hydrogens (primary N) is 1. The van der Waals surface area contributed by atoms with Crippen LogP contribution >= 0.6 is 0 Å². The van der Waals surface area contributed by atoms with E-state index in [0.29, 0.717) is 5.56 Å². The number of aromatic amines is 1. The van der Waals surface area contributed by atoms with E-state index in [1.807, 2.05) is 30.3 Å². The van der Waals surface area contributed by atoms with Gasteiger partial charge in [-0.3, -0.25) is 4.79 Å². The maximum absolute atomic E-state index is 11.9. The van der Waals surface area contributed by atoms with Crippen LogP contribution in [0.4, 0.5) is 0 Å². The number of phenolic OH excluding ortho intramolecular Hbond substituents is 1. The minimum atomic E-state index is -0.476. The fourth-order valence-corrected chi connectivity index (χ4v) is 3.22. The van der Waals surface area contributed by atoms with Gasteiger partial charge in [0.1, 0.15) is 5.75 Å². The Hall–Kier alpha value is -3.27. The predicted octanol–water partition coefficient (Wildman–Crippen LogP) is 3.72. The van der Waals surface area contributed by atoms with E-state index in [1.54, 1.807) is 18.2 Å². The highest BCUT2D eigenvalue weighted by atomic mass is 16.3. The molecule has 0 unspecified atom stereocenters. The Morgan fingerprint density at radius 1 is 1.04 bits per heavy atom. The average Bonchev–Trinajstić information content (AvgIpc) is 2.95. The predicted molar refractivity (Wildman–Crippen MR) is 95.2 cm³/mol. The monoisotopic (exact) mass is 316 g/mol. The van der Waals surface area contributed by atoms with Crippen LogP contribution < -0.4 is 5.73 Å². The molecule has 0 spiro atoms. The lowest BCUT2D eigenvalue weighted by molar-refractivity contribution is 0.100. The van der Waals surface area contributed by atoms with Gasteiger partial charge in [-0.1, -0.05) is 36.4 Å². The van der Waals surface area contributed by atoms with Gasteiger partial charge in [0.2, 0.25) is 5.91 Å². The molecule has 0 aliphatic carbocycles. The van der Waals surface area contributed by atoms with Crippen LogP contribution in [0.1, 0.15) is 21.5 Å². The number of nitrogens with one attached hydrogen (secondary N) is 1. The first-order valence-electron chi connectivity index (χ1n) is 7.73. The molecule has 0 bridgehead atoms. The van der Waals surface area contributed by atoms with Crippen LogP contribution in [-0.4, -0.2) is 16.0 Å². The molecule has 24 heavy (non-hydrogen) atoms. The first-order chi connectivity index (χ1) is 11.6. The van der Waals surface area contributed by atoms with Gasteiger partial charge in [0, 0.05) is 21.9 Å². The molecular weight excluding hydrogens is 300 g/mol. The quantitative estimate of drug-likeness (QED) is 0.538. The second-order valence-corrected chi connectivity index (χ2v) is 5.90. The minimum absolute atomic E-state index is 0.160. The van der Waals surface area contributed by atoms with Crippen molar-refractivity contribution in [3.63, 3.8) is 0 Å². The smallest absolute Gasteiger partial charge is 0.249 e. The molecule has 118 valence electrons. The molecule has 0 fully saturated rings. The van der Waals surface area contributed by atoms with Gasteiger partial charge in [0.15, 0.2) is 0 Å². The molecule has 4 rings (SSSR count). The van der Waals surface area contributed by atoms with Gasteiger partial charge in [-0.2, -0.15) is 0 Å². The summed E-state index contributed by atoms with van der Waals surface area (Å²) in [5.41, 5.74) is 10.0. The molecule has 1 heterocycles. The Balaban J connectivity index is 2.01. The fourth-order valence-electron chi connectivity index (χ4n) is 3.22. The van der Waals surface area contributed by atoms with Gasteiger partial charge in [0.05, 0.1) is 5.52 Å². The molecular formula is C20H16N2O2. The van der Waals surface area contributed by atoms with Crippen LogP contribution in [0.2, 0.25) is 0 Å². The summed E-state index contributed by atoms with van der Waals surface area (Å²) in [4.78, 5) is 15.2. The molecule has 0 radical (unpaired) electrons. The lowest BCUT2D eigenvalue weighted by Crippen LogP contribution is -2.11. The van der Waals surface area contributed by atoms with E-state index in [0.717, 1.165) is 33.8 Å². The molecule has 0 atom stereocenters. The lowest BCUT2D eigenvalue weighted by Gasteiger charge is -2.07.